The fraction of sp³-hybridized carbons (Fsp3) is 0.267. The van der Waals surface area contributed by atoms with Gasteiger partial charge in [0, 0.05) is 21.4 Å². The molecule has 0 aliphatic carbocycles. The summed E-state index contributed by atoms with van der Waals surface area (Å²) in [6.07, 6.45) is 2.99. The van der Waals surface area contributed by atoms with E-state index in [9.17, 15) is 0 Å². The van der Waals surface area contributed by atoms with E-state index >= 15 is 0 Å². The zero-order valence-corrected chi connectivity index (χ0v) is 12.3. The van der Waals surface area contributed by atoms with Crippen LogP contribution >= 0.6 is 23.4 Å². The van der Waals surface area contributed by atoms with E-state index in [2.05, 4.69) is 28.5 Å². The number of halogens is 1. The van der Waals surface area contributed by atoms with Gasteiger partial charge in [0.1, 0.15) is 0 Å². The lowest BCUT2D eigenvalue weighted by atomic mass is 10.0. The first kappa shape index (κ1) is 12.8. The van der Waals surface area contributed by atoms with E-state index in [4.69, 9.17) is 11.6 Å². The molecule has 0 saturated heterocycles. The summed E-state index contributed by atoms with van der Waals surface area (Å²) in [4.78, 5) is 5.65. The zero-order valence-electron chi connectivity index (χ0n) is 10.7. The Morgan fingerprint density at radius 2 is 2.21 bits per heavy atom. The average molecular weight is 291 g/mol. The molecule has 0 saturated carbocycles. The van der Waals surface area contributed by atoms with Gasteiger partial charge in [-0.3, -0.25) is 4.98 Å². The number of pyridine rings is 1. The Kier molecular flexibility index (Phi) is 3.67. The van der Waals surface area contributed by atoms with Crippen LogP contribution in [0.2, 0.25) is 5.02 Å². The van der Waals surface area contributed by atoms with Crippen molar-refractivity contribution in [2.24, 2.45) is 0 Å². The molecule has 98 valence electrons. The first-order chi connectivity index (χ1) is 9.22. The van der Waals surface area contributed by atoms with Gasteiger partial charge in [-0.15, -0.1) is 11.8 Å². The van der Waals surface area contributed by atoms with Gasteiger partial charge in [0.05, 0.1) is 17.9 Å². The van der Waals surface area contributed by atoms with Gasteiger partial charge in [-0.2, -0.15) is 0 Å². The summed E-state index contributed by atoms with van der Waals surface area (Å²) in [6, 6.07) is 10.6. The lowest BCUT2D eigenvalue weighted by Gasteiger charge is -2.27. The second-order valence-corrected chi connectivity index (χ2v) is 6.28. The van der Waals surface area contributed by atoms with Gasteiger partial charge in [-0.25, -0.2) is 0 Å². The van der Waals surface area contributed by atoms with Crippen molar-refractivity contribution in [1.29, 1.82) is 0 Å². The van der Waals surface area contributed by atoms with E-state index < -0.39 is 0 Å². The maximum Gasteiger partial charge on any atom is 0.0533 e. The summed E-state index contributed by atoms with van der Waals surface area (Å²) in [5.41, 5.74) is 3.39. The normalized spacial score (nSPS) is 17.9. The minimum atomic E-state index is 0.319. The largest absolute Gasteiger partial charge is 0.377 e. The van der Waals surface area contributed by atoms with E-state index in [0.717, 1.165) is 28.6 Å². The van der Waals surface area contributed by atoms with Crippen LogP contribution in [0.1, 0.15) is 23.7 Å². The molecule has 0 radical (unpaired) electrons. The third-order valence-corrected chi connectivity index (χ3v) is 4.62. The van der Waals surface area contributed by atoms with Crippen LogP contribution in [0.4, 0.5) is 5.69 Å². The Hall–Kier alpha value is -1.19. The second kappa shape index (κ2) is 5.43. The SMILES string of the molecule is Cc1ccc(NC2CCSc3ccc(Cl)cc32)cn1. The molecule has 1 unspecified atom stereocenters. The highest BCUT2D eigenvalue weighted by molar-refractivity contribution is 7.99. The molecular formula is C15H15ClN2S. The number of nitrogens with one attached hydrogen (secondary N) is 1. The van der Waals surface area contributed by atoms with Gasteiger partial charge in [-0.1, -0.05) is 11.6 Å². The van der Waals surface area contributed by atoms with Gasteiger partial charge in [0.15, 0.2) is 0 Å². The maximum absolute atomic E-state index is 6.12. The summed E-state index contributed by atoms with van der Waals surface area (Å²) in [7, 11) is 0. The number of hydrogen-bond acceptors (Lipinski definition) is 3. The van der Waals surface area contributed by atoms with Gasteiger partial charge in [-0.05, 0) is 49.2 Å². The van der Waals surface area contributed by atoms with Crippen molar-refractivity contribution in [3.05, 3.63) is 52.8 Å². The molecule has 0 spiro atoms. The number of nitrogens with zero attached hydrogens (tertiary/aromatic N) is 1. The van der Waals surface area contributed by atoms with E-state index in [1.165, 1.54) is 10.5 Å². The Labute approximate surface area is 122 Å². The fourth-order valence-electron chi connectivity index (χ4n) is 2.27. The highest BCUT2D eigenvalue weighted by Crippen LogP contribution is 2.39. The molecule has 19 heavy (non-hydrogen) atoms. The van der Waals surface area contributed by atoms with Crippen molar-refractivity contribution in [3.63, 3.8) is 0 Å². The number of fused-ring (bicyclic) bond motifs is 1. The quantitative estimate of drug-likeness (QED) is 0.868. The monoisotopic (exact) mass is 290 g/mol. The molecule has 1 aliphatic rings. The third kappa shape index (κ3) is 2.88. The van der Waals surface area contributed by atoms with Crippen LogP contribution in [-0.2, 0) is 0 Å². The summed E-state index contributed by atoms with van der Waals surface area (Å²) < 4.78 is 0. The van der Waals surface area contributed by atoms with Gasteiger partial charge < -0.3 is 5.32 Å². The number of benzene rings is 1. The molecule has 0 fully saturated rings. The molecule has 3 rings (SSSR count). The summed E-state index contributed by atoms with van der Waals surface area (Å²) in [5, 5.41) is 4.36. The molecule has 2 heterocycles. The van der Waals surface area contributed by atoms with Gasteiger partial charge in [0.2, 0.25) is 0 Å². The zero-order chi connectivity index (χ0) is 13.2. The van der Waals surface area contributed by atoms with Crippen LogP contribution in [0, 0.1) is 6.92 Å². The Bertz CT molecular complexity index is 583. The maximum atomic E-state index is 6.12. The number of anilines is 1. The van der Waals surface area contributed by atoms with Gasteiger partial charge >= 0.3 is 0 Å². The number of aryl methyl sites for hydroxylation is 1. The van der Waals surface area contributed by atoms with Crippen molar-refractivity contribution >= 4 is 29.1 Å². The Morgan fingerprint density at radius 3 is 3.00 bits per heavy atom. The first-order valence-electron chi connectivity index (χ1n) is 6.34. The van der Waals surface area contributed by atoms with Crippen LogP contribution in [-0.4, -0.2) is 10.7 Å². The van der Waals surface area contributed by atoms with E-state index in [0.29, 0.717) is 6.04 Å². The van der Waals surface area contributed by atoms with E-state index in [1.807, 2.05) is 37.0 Å². The van der Waals surface area contributed by atoms with Crippen molar-refractivity contribution < 1.29 is 0 Å². The number of rotatable bonds is 2. The van der Waals surface area contributed by atoms with Crippen molar-refractivity contribution in [2.45, 2.75) is 24.3 Å². The highest BCUT2D eigenvalue weighted by atomic mass is 35.5. The number of aromatic nitrogens is 1. The molecule has 2 nitrogen and oxygen atoms in total. The predicted octanol–water partition coefficient (Wildman–Crippen LogP) is 4.69. The minimum Gasteiger partial charge on any atom is -0.377 e. The molecule has 1 aliphatic heterocycles. The van der Waals surface area contributed by atoms with E-state index in [-0.39, 0.29) is 0 Å². The molecule has 2 aromatic rings. The lowest BCUT2D eigenvalue weighted by Crippen LogP contribution is -2.16. The molecule has 0 bridgehead atoms. The molecule has 1 aromatic heterocycles. The van der Waals surface area contributed by atoms with Crippen molar-refractivity contribution in [3.8, 4) is 0 Å². The van der Waals surface area contributed by atoms with E-state index in [1.54, 1.807) is 0 Å². The van der Waals surface area contributed by atoms with Crippen LogP contribution in [0.15, 0.2) is 41.4 Å². The van der Waals surface area contributed by atoms with Gasteiger partial charge in [0.25, 0.3) is 0 Å². The van der Waals surface area contributed by atoms with Crippen LogP contribution in [0.3, 0.4) is 0 Å². The number of hydrogen-bond donors (Lipinski definition) is 1. The molecule has 1 aromatic carbocycles. The smallest absolute Gasteiger partial charge is 0.0533 e. The topological polar surface area (TPSA) is 24.9 Å². The standard InChI is InChI=1S/C15H15ClN2S/c1-10-2-4-12(9-17-10)18-14-6-7-19-15-5-3-11(16)8-13(14)15/h2-5,8-9,14,18H,6-7H2,1H3. The Balaban J connectivity index is 1.87. The third-order valence-electron chi connectivity index (χ3n) is 3.26. The van der Waals surface area contributed by atoms with Crippen LogP contribution in [0.25, 0.3) is 0 Å². The molecule has 1 N–H and O–H groups in total. The second-order valence-electron chi connectivity index (χ2n) is 4.70. The average Bonchev–Trinajstić information content (AvgIpc) is 2.42. The van der Waals surface area contributed by atoms with Crippen LogP contribution in [0.5, 0.6) is 0 Å². The predicted molar refractivity (Wildman–Crippen MR) is 82.1 cm³/mol. The van der Waals surface area contributed by atoms with Crippen molar-refractivity contribution in [1.82, 2.24) is 4.98 Å². The number of thioether (sulfide) groups is 1. The summed E-state index contributed by atoms with van der Waals surface area (Å²) in [6.45, 7) is 2.00. The summed E-state index contributed by atoms with van der Waals surface area (Å²) >= 11 is 8.02. The molecule has 1 atom stereocenters. The fourth-order valence-corrected chi connectivity index (χ4v) is 3.56. The van der Waals surface area contributed by atoms with Crippen molar-refractivity contribution in [2.75, 3.05) is 11.1 Å². The van der Waals surface area contributed by atoms with Crippen LogP contribution < -0.4 is 5.32 Å². The Morgan fingerprint density at radius 1 is 1.32 bits per heavy atom. The molecule has 4 heteroatoms. The molecular weight excluding hydrogens is 276 g/mol. The highest BCUT2D eigenvalue weighted by Gasteiger charge is 2.20. The lowest BCUT2D eigenvalue weighted by molar-refractivity contribution is 0.728. The molecule has 0 amide bonds. The summed E-state index contributed by atoms with van der Waals surface area (Å²) in [5.74, 6) is 1.13. The minimum absolute atomic E-state index is 0.319. The first-order valence-corrected chi connectivity index (χ1v) is 7.70.